The number of carbonyl (C=O) groups is 1. The summed E-state index contributed by atoms with van der Waals surface area (Å²) in [6.07, 6.45) is 0. The fourth-order valence-electron chi connectivity index (χ4n) is 1.65. The van der Waals surface area contributed by atoms with Gasteiger partial charge in [-0.25, -0.2) is 0 Å². The van der Waals surface area contributed by atoms with Gasteiger partial charge in [-0.3, -0.25) is 4.79 Å². The van der Waals surface area contributed by atoms with Crippen molar-refractivity contribution in [2.45, 2.75) is 23.6 Å². The van der Waals surface area contributed by atoms with E-state index in [9.17, 15) is 9.90 Å². The van der Waals surface area contributed by atoms with Crippen LogP contribution in [0.4, 0.5) is 0 Å². The minimum atomic E-state index is 0.0693. The third-order valence-corrected chi connectivity index (χ3v) is 3.79. The summed E-state index contributed by atoms with van der Waals surface area (Å²) < 4.78 is 0. The SMILES string of the molecule is CC(=O)c1cccc(Sc2ccc(O)cc2C)c1. The van der Waals surface area contributed by atoms with Gasteiger partial charge in [-0.15, -0.1) is 0 Å². The molecule has 0 amide bonds. The Kier molecular flexibility index (Phi) is 3.72. The molecule has 0 heterocycles. The molecule has 0 radical (unpaired) electrons. The third kappa shape index (κ3) is 2.93. The van der Waals surface area contributed by atoms with Crippen LogP contribution in [0.5, 0.6) is 5.75 Å². The summed E-state index contributed by atoms with van der Waals surface area (Å²) in [5, 5.41) is 9.37. The Morgan fingerprint density at radius 3 is 2.61 bits per heavy atom. The van der Waals surface area contributed by atoms with Crippen LogP contribution in [0.1, 0.15) is 22.8 Å². The van der Waals surface area contributed by atoms with Crippen LogP contribution in [0.25, 0.3) is 0 Å². The van der Waals surface area contributed by atoms with Crippen LogP contribution < -0.4 is 0 Å². The Balaban J connectivity index is 2.28. The lowest BCUT2D eigenvalue weighted by Gasteiger charge is -2.06. The Morgan fingerprint density at radius 2 is 1.94 bits per heavy atom. The van der Waals surface area contributed by atoms with Crippen molar-refractivity contribution in [1.29, 1.82) is 0 Å². The molecule has 2 aromatic rings. The van der Waals surface area contributed by atoms with Gasteiger partial charge in [0.2, 0.25) is 0 Å². The zero-order chi connectivity index (χ0) is 13.1. The van der Waals surface area contributed by atoms with Crippen molar-refractivity contribution in [3.8, 4) is 5.75 Å². The van der Waals surface area contributed by atoms with E-state index in [1.165, 1.54) is 0 Å². The summed E-state index contributed by atoms with van der Waals surface area (Å²) in [5.41, 5.74) is 1.74. The number of rotatable bonds is 3. The van der Waals surface area contributed by atoms with E-state index in [-0.39, 0.29) is 11.5 Å². The Morgan fingerprint density at radius 1 is 1.17 bits per heavy atom. The van der Waals surface area contributed by atoms with Crippen LogP contribution in [0.2, 0.25) is 0 Å². The molecule has 0 aliphatic rings. The topological polar surface area (TPSA) is 37.3 Å². The molecule has 0 saturated heterocycles. The van der Waals surface area contributed by atoms with Crippen LogP contribution in [0, 0.1) is 6.92 Å². The normalized spacial score (nSPS) is 10.3. The van der Waals surface area contributed by atoms with Crippen LogP contribution >= 0.6 is 11.8 Å². The Hall–Kier alpha value is -1.74. The number of carbonyl (C=O) groups excluding carboxylic acids is 1. The van der Waals surface area contributed by atoms with Gasteiger partial charge in [-0.2, -0.15) is 0 Å². The summed E-state index contributed by atoms with van der Waals surface area (Å²) in [7, 11) is 0. The maximum absolute atomic E-state index is 11.3. The van der Waals surface area contributed by atoms with E-state index in [4.69, 9.17) is 0 Å². The number of hydrogen-bond donors (Lipinski definition) is 1. The van der Waals surface area contributed by atoms with E-state index < -0.39 is 0 Å². The fourth-order valence-corrected chi connectivity index (χ4v) is 2.60. The van der Waals surface area contributed by atoms with Gasteiger partial charge in [0.05, 0.1) is 0 Å². The van der Waals surface area contributed by atoms with Crippen molar-refractivity contribution < 1.29 is 9.90 Å². The molecule has 0 atom stereocenters. The van der Waals surface area contributed by atoms with E-state index in [0.717, 1.165) is 20.9 Å². The first kappa shape index (κ1) is 12.7. The maximum atomic E-state index is 11.3. The summed E-state index contributed by atoms with van der Waals surface area (Å²) in [4.78, 5) is 13.4. The average molecular weight is 258 g/mol. The molecule has 0 aliphatic carbocycles. The number of Topliss-reactive ketones (excluding diaryl/α,β-unsaturated/α-hetero) is 1. The number of aromatic hydroxyl groups is 1. The monoisotopic (exact) mass is 258 g/mol. The van der Waals surface area contributed by atoms with Gasteiger partial charge >= 0.3 is 0 Å². The average Bonchev–Trinajstić information content (AvgIpc) is 2.33. The summed E-state index contributed by atoms with van der Waals surface area (Å²) in [6.45, 7) is 3.52. The van der Waals surface area contributed by atoms with Gasteiger partial charge in [0.15, 0.2) is 5.78 Å². The van der Waals surface area contributed by atoms with E-state index in [2.05, 4.69) is 0 Å². The fraction of sp³-hybridized carbons (Fsp3) is 0.133. The molecule has 0 unspecified atom stereocenters. The van der Waals surface area contributed by atoms with Gasteiger partial charge in [-0.1, -0.05) is 23.9 Å². The van der Waals surface area contributed by atoms with Crippen LogP contribution in [0.15, 0.2) is 52.3 Å². The third-order valence-electron chi connectivity index (χ3n) is 2.63. The molecule has 18 heavy (non-hydrogen) atoms. The van der Waals surface area contributed by atoms with E-state index >= 15 is 0 Å². The molecule has 0 fully saturated rings. The molecule has 0 spiro atoms. The molecule has 0 bridgehead atoms. The van der Waals surface area contributed by atoms with Crippen molar-refractivity contribution in [3.63, 3.8) is 0 Å². The molecule has 3 heteroatoms. The minimum Gasteiger partial charge on any atom is -0.508 e. The molecule has 92 valence electrons. The van der Waals surface area contributed by atoms with E-state index in [0.29, 0.717) is 0 Å². The lowest BCUT2D eigenvalue weighted by molar-refractivity contribution is 0.101. The molecule has 0 aromatic heterocycles. The first-order chi connectivity index (χ1) is 8.56. The van der Waals surface area contributed by atoms with Gasteiger partial charge in [0.25, 0.3) is 0 Å². The van der Waals surface area contributed by atoms with Crippen LogP contribution in [-0.2, 0) is 0 Å². The molecule has 1 N–H and O–H groups in total. The lowest BCUT2D eigenvalue weighted by Crippen LogP contribution is -1.91. The summed E-state index contributed by atoms with van der Waals surface area (Å²) in [6, 6.07) is 12.9. The highest BCUT2D eigenvalue weighted by atomic mass is 32.2. The highest BCUT2D eigenvalue weighted by Gasteiger charge is 2.04. The van der Waals surface area contributed by atoms with Gasteiger partial charge in [-0.05, 0) is 49.7 Å². The standard InChI is InChI=1S/C15H14O2S/c1-10-8-13(17)6-7-15(10)18-14-5-3-4-12(9-14)11(2)16/h3-9,17H,1-2H3. The highest BCUT2D eigenvalue weighted by Crippen LogP contribution is 2.32. The Bertz CT molecular complexity index is 591. The minimum absolute atomic E-state index is 0.0693. The number of benzene rings is 2. The zero-order valence-electron chi connectivity index (χ0n) is 10.3. The van der Waals surface area contributed by atoms with Crippen molar-refractivity contribution in [1.82, 2.24) is 0 Å². The molecule has 2 aromatic carbocycles. The van der Waals surface area contributed by atoms with Crippen molar-refractivity contribution in [2.75, 3.05) is 0 Å². The molecule has 0 saturated carbocycles. The van der Waals surface area contributed by atoms with Gasteiger partial charge < -0.3 is 5.11 Å². The van der Waals surface area contributed by atoms with Crippen molar-refractivity contribution >= 4 is 17.5 Å². The van der Waals surface area contributed by atoms with E-state index in [1.54, 1.807) is 30.8 Å². The number of ketones is 1. The van der Waals surface area contributed by atoms with E-state index in [1.807, 2.05) is 37.3 Å². The lowest BCUT2D eigenvalue weighted by atomic mass is 10.2. The number of phenols is 1. The number of hydrogen-bond acceptors (Lipinski definition) is 3. The second kappa shape index (κ2) is 5.27. The predicted molar refractivity (Wildman–Crippen MR) is 73.4 cm³/mol. The second-order valence-corrected chi connectivity index (χ2v) is 5.25. The van der Waals surface area contributed by atoms with Gasteiger partial charge in [0.1, 0.15) is 5.75 Å². The maximum Gasteiger partial charge on any atom is 0.159 e. The molecular weight excluding hydrogens is 244 g/mol. The van der Waals surface area contributed by atoms with Crippen LogP contribution in [0.3, 0.4) is 0 Å². The van der Waals surface area contributed by atoms with Crippen LogP contribution in [-0.4, -0.2) is 10.9 Å². The van der Waals surface area contributed by atoms with Gasteiger partial charge in [0, 0.05) is 15.4 Å². The Labute approximate surface area is 111 Å². The molecule has 0 aliphatic heterocycles. The molecule has 2 nitrogen and oxygen atoms in total. The smallest absolute Gasteiger partial charge is 0.159 e. The first-order valence-corrected chi connectivity index (χ1v) is 6.46. The zero-order valence-corrected chi connectivity index (χ0v) is 11.1. The number of aryl methyl sites for hydroxylation is 1. The first-order valence-electron chi connectivity index (χ1n) is 5.65. The second-order valence-electron chi connectivity index (χ2n) is 4.14. The highest BCUT2D eigenvalue weighted by molar-refractivity contribution is 7.99. The largest absolute Gasteiger partial charge is 0.508 e. The summed E-state index contributed by atoms with van der Waals surface area (Å²) in [5.74, 6) is 0.342. The molecule has 2 rings (SSSR count). The quantitative estimate of drug-likeness (QED) is 0.844. The predicted octanol–water partition coefficient (Wildman–Crippen LogP) is 4.05. The number of phenolic OH excluding ortho intramolecular Hbond substituents is 1. The molecular formula is C15H14O2S. The van der Waals surface area contributed by atoms with Crippen molar-refractivity contribution in [3.05, 3.63) is 53.6 Å². The summed E-state index contributed by atoms with van der Waals surface area (Å²) >= 11 is 1.59. The van der Waals surface area contributed by atoms with Crippen molar-refractivity contribution in [2.24, 2.45) is 0 Å².